The second-order valence-electron chi connectivity index (χ2n) is 5.08. The topological polar surface area (TPSA) is 110 Å². The Labute approximate surface area is 132 Å². The number of hydrogen-bond acceptors (Lipinski definition) is 5. The maximum absolute atomic E-state index is 12.0. The molecule has 120 valence electrons. The SMILES string of the molecule is CC(Sc1ccc([N+](=O)[O-])cc1)C(=O)N[C@H](C(=O)O)C(C)C. The molecule has 0 aliphatic rings. The summed E-state index contributed by atoms with van der Waals surface area (Å²) in [5.41, 5.74) is -0.0211. The van der Waals surface area contributed by atoms with E-state index in [-0.39, 0.29) is 17.5 Å². The first kappa shape index (κ1) is 18.0. The average molecular weight is 326 g/mol. The summed E-state index contributed by atoms with van der Waals surface area (Å²) in [5, 5.41) is 21.6. The van der Waals surface area contributed by atoms with E-state index in [9.17, 15) is 19.7 Å². The summed E-state index contributed by atoms with van der Waals surface area (Å²) in [6, 6.07) is 4.91. The summed E-state index contributed by atoms with van der Waals surface area (Å²) in [6.07, 6.45) is 0. The molecule has 8 heteroatoms. The molecule has 2 atom stereocenters. The number of carbonyl (C=O) groups is 2. The van der Waals surface area contributed by atoms with Gasteiger partial charge in [-0.1, -0.05) is 13.8 Å². The number of non-ortho nitro benzene ring substituents is 1. The lowest BCUT2D eigenvalue weighted by atomic mass is 10.0. The van der Waals surface area contributed by atoms with E-state index in [2.05, 4.69) is 5.32 Å². The summed E-state index contributed by atoms with van der Waals surface area (Å²) < 4.78 is 0. The molecule has 0 spiro atoms. The third kappa shape index (κ3) is 5.03. The van der Waals surface area contributed by atoms with Crippen molar-refractivity contribution < 1.29 is 19.6 Å². The smallest absolute Gasteiger partial charge is 0.326 e. The second kappa shape index (κ2) is 7.79. The molecule has 0 bridgehead atoms. The van der Waals surface area contributed by atoms with Crippen LogP contribution in [0.1, 0.15) is 20.8 Å². The number of carboxylic acids is 1. The summed E-state index contributed by atoms with van der Waals surface area (Å²) in [6.45, 7) is 5.08. The Hall–Kier alpha value is -2.09. The van der Waals surface area contributed by atoms with E-state index in [4.69, 9.17) is 5.11 Å². The highest BCUT2D eigenvalue weighted by Gasteiger charge is 2.26. The number of thioether (sulfide) groups is 1. The van der Waals surface area contributed by atoms with Gasteiger partial charge >= 0.3 is 5.97 Å². The van der Waals surface area contributed by atoms with Crippen molar-refractivity contribution >= 4 is 29.3 Å². The summed E-state index contributed by atoms with van der Waals surface area (Å²) >= 11 is 1.21. The van der Waals surface area contributed by atoms with Gasteiger partial charge in [0.25, 0.3) is 5.69 Å². The molecule has 0 fully saturated rings. The van der Waals surface area contributed by atoms with Gasteiger partial charge in [-0.15, -0.1) is 11.8 Å². The molecule has 0 saturated heterocycles. The van der Waals surface area contributed by atoms with Crippen LogP contribution < -0.4 is 5.32 Å². The molecule has 22 heavy (non-hydrogen) atoms. The van der Waals surface area contributed by atoms with Crippen molar-refractivity contribution in [2.24, 2.45) is 5.92 Å². The van der Waals surface area contributed by atoms with Gasteiger partial charge in [-0.3, -0.25) is 14.9 Å². The first-order chi connectivity index (χ1) is 10.2. The number of carboxylic acid groups (broad SMARTS) is 1. The highest BCUT2D eigenvalue weighted by molar-refractivity contribution is 8.00. The minimum atomic E-state index is -1.07. The van der Waals surface area contributed by atoms with Crippen LogP contribution in [0.25, 0.3) is 0 Å². The van der Waals surface area contributed by atoms with Gasteiger partial charge < -0.3 is 10.4 Å². The summed E-state index contributed by atoms with van der Waals surface area (Å²) in [4.78, 5) is 33.9. The first-order valence-corrected chi connectivity index (χ1v) is 7.54. The molecule has 1 rings (SSSR count). The Morgan fingerprint density at radius 1 is 1.23 bits per heavy atom. The minimum Gasteiger partial charge on any atom is -0.480 e. The predicted molar refractivity (Wildman–Crippen MR) is 82.8 cm³/mol. The molecular formula is C14H18N2O5S. The fourth-order valence-corrected chi connectivity index (χ4v) is 2.56. The fourth-order valence-electron chi connectivity index (χ4n) is 1.69. The summed E-state index contributed by atoms with van der Waals surface area (Å²) in [7, 11) is 0. The number of hydrogen-bond donors (Lipinski definition) is 2. The van der Waals surface area contributed by atoms with Crippen molar-refractivity contribution in [1.29, 1.82) is 0 Å². The number of rotatable bonds is 7. The number of nitro groups is 1. The van der Waals surface area contributed by atoms with Crippen LogP contribution in [-0.2, 0) is 9.59 Å². The monoisotopic (exact) mass is 326 g/mol. The third-order valence-corrected chi connectivity index (χ3v) is 4.07. The first-order valence-electron chi connectivity index (χ1n) is 6.66. The van der Waals surface area contributed by atoms with E-state index in [0.29, 0.717) is 4.90 Å². The number of nitro benzene ring substituents is 1. The Morgan fingerprint density at radius 3 is 2.18 bits per heavy atom. The quantitative estimate of drug-likeness (QED) is 0.452. The van der Waals surface area contributed by atoms with Crippen LogP contribution in [0, 0.1) is 16.0 Å². The van der Waals surface area contributed by atoms with Gasteiger partial charge in [-0.2, -0.15) is 0 Å². The van der Waals surface area contributed by atoms with Crippen molar-refractivity contribution in [1.82, 2.24) is 5.32 Å². The van der Waals surface area contributed by atoms with E-state index in [0.717, 1.165) is 0 Å². The molecule has 1 unspecified atom stereocenters. The van der Waals surface area contributed by atoms with Gasteiger partial charge in [0.05, 0.1) is 10.2 Å². The van der Waals surface area contributed by atoms with E-state index in [1.54, 1.807) is 32.9 Å². The molecule has 0 aliphatic heterocycles. The number of amides is 1. The minimum absolute atomic E-state index is 0.0211. The normalized spacial score (nSPS) is 13.5. The van der Waals surface area contributed by atoms with Crippen LogP contribution in [0.3, 0.4) is 0 Å². The maximum Gasteiger partial charge on any atom is 0.326 e. The van der Waals surface area contributed by atoms with Crippen LogP contribution in [0.4, 0.5) is 5.69 Å². The highest BCUT2D eigenvalue weighted by atomic mass is 32.2. The molecule has 1 aromatic carbocycles. The lowest BCUT2D eigenvalue weighted by Crippen LogP contribution is -2.46. The Kier molecular flexibility index (Phi) is 6.36. The van der Waals surface area contributed by atoms with Crippen LogP contribution >= 0.6 is 11.8 Å². The lowest BCUT2D eigenvalue weighted by molar-refractivity contribution is -0.384. The summed E-state index contributed by atoms with van der Waals surface area (Å²) in [5.74, 6) is -1.68. The van der Waals surface area contributed by atoms with Gasteiger partial charge in [0.1, 0.15) is 6.04 Å². The number of nitrogens with zero attached hydrogens (tertiary/aromatic N) is 1. The molecule has 2 N–H and O–H groups in total. The van der Waals surface area contributed by atoms with Gasteiger partial charge in [-0.05, 0) is 25.0 Å². The van der Waals surface area contributed by atoms with Gasteiger partial charge in [0.2, 0.25) is 5.91 Å². The standard InChI is InChI=1S/C14H18N2O5S/c1-8(2)12(14(18)19)15-13(17)9(3)22-11-6-4-10(5-7-11)16(20)21/h4-9,12H,1-3H3,(H,15,17)(H,18,19)/t9?,12-/m0/s1. The zero-order valence-electron chi connectivity index (χ0n) is 12.5. The Morgan fingerprint density at radius 2 is 1.77 bits per heavy atom. The molecule has 0 heterocycles. The van der Waals surface area contributed by atoms with Crippen LogP contribution in [0.5, 0.6) is 0 Å². The Balaban J connectivity index is 2.67. The largest absolute Gasteiger partial charge is 0.480 e. The molecule has 0 saturated carbocycles. The van der Waals surface area contributed by atoms with Gasteiger partial charge in [0.15, 0.2) is 0 Å². The second-order valence-corrected chi connectivity index (χ2v) is 6.49. The third-order valence-electron chi connectivity index (χ3n) is 2.96. The molecule has 0 aromatic heterocycles. The van der Waals surface area contributed by atoms with E-state index < -0.39 is 22.2 Å². The lowest BCUT2D eigenvalue weighted by Gasteiger charge is -2.20. The van der Waals surface area contributed by atoms with E-state index in [1.165, 1.54) is 23.9 Å². The molecule has 7 nitrogen and oxygen atoms in total. The number of aliphatic carboxylic acids is 1. The number of nitrogens with one attached hydrogen (secondary N) is 1. The average Bonchev–Trinajstić information content (AvgIpc) is 2.44. The van der Waals surface area contributed by atoms with Gasteiger partial charge in [0, 0.05) is 17.0 Å². The molecular weight excluding hydrogens is 308 g/mol. The zero-order chi connectivity index (χ0) is 16.9. The predicted octanol–water partition coefficient (Wildman–Crippen LogP) is 2.30. The zero-order valence-corrected chi connectivity index (χ0v) is 13.3. The van der Waals surface area contributed by atoms with Crippen LogP contribution in [0.2, 0.25) is 0 Å². The highest BCUT2D eigenvalue weighted by Crippen LogP contribution is 2.25. The van der Waals surface area contributed by atoms with Crippen molar-refractivity contribution in [3.63, 3.8) is 0 Å². The van der Waals surface area contributed by atoms with Crippen molar-refractivity contribution in [2.75, 3.05) is 0 Å². The molecule has 1 amide bonds. The van der Waals surface area contributed by atoms with Crippen LogP contribution in [0.15, 0.2) is 29.2 Å². The molecule has 0 radical (unpaired) electrons. The van der Waals surface area contributed by atoms with Crippen molar-refractivity contribution in [2.45, 2.75) is 37.0 Å². The maximum atomic E-state index is 12.0. The Bertz CT molecular complexity index is 559. The van der Waals surface area contributed by atoms with Crippen molar-refractivity contribution in [3.8, 4) is 0 Å². The number of benzene rings is 1. The number of carbonyl (C=O) groups excluding carboxylic acids is 1. The van der Waals surface area contributed by atoms with E-state index >= 15 is 0 Å². The molecule has 0 aliphatic carbocycles. The fraction of sp³-hybridized carbons (Fsp3) is 0.429. The molecule has 1 aromatic rings. The van der Waals surface area contributed by atoms with Crippen molar-refractivity contribution in [3.05, 3.63) is 34.4 Å². The van der Waals surface area contributed by atoms with Gasteiger partial charge in [-0.25, -0.2) is 4.79 Å². The van der Waals surface area contributed by atoms with E-state index in [1.807, 2.05) is 0 Å². The van der Waals surface area contributed by atoms with Crippen LogP contribution in [-0.4, -0.2) is 33.2 Å².